The highest BCUT2D eigenvalue weighted by atomic mass is 16.5. The first-order valence-electron chi connectivity index (χ1n) is 5.57. The van der Waals surface area contributed by atoms with Crippen molar-refractivity contribution in [1.29, 1.82) is 0 Å². The fraction of sp³-hybridized carbons (Fsp3) is 0.167. The van der Waals surface area contributed by atoms with Crippen molar-refractivity contribution < 1.29 is 8.94 Å². The third kappa shape index (κ3) is 1.82. The van der Waals surface area contributed by atoms with Gasteiger partial charge in [0.05, 0.1) is 12.8 Å². The molecule has 0 saturated heterocycles. The average molecular weight is 244 g/mol. The Morgan fingerprint density at radius 1 is 1.28 bits per heavy atom. The summed E-state index contributed by atoms with van der Waals surface area (Å²) >= 11 is 0. The Bertz CT molecular complexity index is 564. The minimum absolute atomic E-state index is 0.226. The molecule has 0 aliphatic heterocycles. The fourth-order valence-corrected chi connectivity index (χ4v) is 1.84. The Balaban J connectivity index is 2.05. The van der Waals surface area contributed by atoms with E-state index >= 15 is 0 Å². The number of furan rings is 1. The molecule has 0 aliphatic carbocycles. The molecular formula is C12H12N4O2. The lowest BCUT2D eigenvalue weighted by atomic mass is 10.2. The maximum absolute atomic E-state index is 5.47. The Hall–Kier alpha value is -2.34. The van der Waals surface area contributed by atoms with Crippen molar-refractivity contribution in [2.24, 2.45) is 5.73 Å². The molecular weight excluding hydrogens is 232 g/mol. The van der Waals surface area contributed by atoms with E-state index in [9.17, 15) is 0 Å². The summed E-state index contributed by atoms with van der Waals surface area (Å²) in [5.74, 6) is 1.69. The van der Waals surface area contributed by atoms with E-state index in [0.29, 0.717) is 11.7 Å². The van der Waals surface area contributed by atoms with Crippen molar-refractivity contribution >= 4 is 0 Å². The van der Waals surface area contributed by atoms with E-state index in [-0.39, 0.29) is 12.6 Å². The summed E-state index contributed by atoms with van der Waals surface area (Å²) in [6.45, 7) is 0.226. The minimum Gasteiger partial charge on any atom is -0.467 e. The van der Waals surface area contributed by atoms with Crippen molar-refractivity contribution in [1.82, 2.24) is 14.7 Å². The van der Waals surface area contributed by atoms with Crippen LogP contribution in [-0.4, -0.2) is 14.7 Å². The lowest BCUT2D eigenvalue weighted by Gasteiger charge is -2.12. The standard InChI is InChI=1S/C12H12N4O2/c13-8-10-14-12(15-18-10)11(9-4-3-7-17-9)16-5-1-2-6-16/h1-7,11H,8,13H2/t11-/m1/s1. The zero-order valence-electron chi connectivity index (χ0n) is 9.56. The van der Waals surface area contributed by atoms with Crippen LogP contribution in [-0.2, 0) is 6.54 Å². The van der Waals surface area contributed by atoms with Crippen LogP contribution in [0.25, 0.3) is 0 Å². The van der Waals surface area contributed by atoms with Gasteiger partial charge in [-0.15, -0.1) is 0 Å². The Labute approximate surface area is 103 Å². The molecule has 0 bridgehead atoms. The lowest BCUT2D eigenvalue weighted by Crippen LogP contribution is -2.11. The molecule has 3 aromatic heterocycles. The summed E-state index contributed by atoms with van der Waals surface area (Å²) in [4.78, 5) is 4.26. The molecule has 0 radical (unpaired) electrons. The predicted octanol–water partition coefficient (Wildman–Crippen LogP) is 1.56. The molecule has 1 atom stereocenters. The first-order chi connectivity index (χ1) is 8.88. The summed E-state index contributed by atoms with van der Waals surface area (Å²) in [6, 6.07) is 7.33. The topological polar surface area (TPSA) is 83.0 Å². The van der Waals surface area contributed by atoms with Crippen LogP contribution in [0.5, 0.6) is 0 Å². The van der Waals surface area contributed by atoms with Gasteiger partial charge in [0.15, 0.2) is 6.04 Å². The van der Waals surface area contributed by atoms with E-state index in [0.717, 1.165) is 5.76 Å². The molecule has 6 heteroatoms. The molecule has 0 fully saturated rings. The maximum Gasteiger partial charge on any atom is 0.240 e. The van der Waals surface area contributed by atoms with Crippen LogP contribution < -0.4 is 5.73 Å². The first kappa shape index (κ1) is 10.8. The van der Waals surface area contributed by atoms with Gasteiger partial charge in [-0.3, -0.25) is 0 Å². The largest absolute Gasteiger partial charge is 0.467 e. The molecule has 3 rings (SSSR count). The van der Waals surface area contributed by atoms with Gasteiger partial charge in [0.1, 0.15) is 5.76 Å². The SMILES string of the molecule is NCc1nc([C@@H](c2ccco2)n2cccc2)no1. The number of nitrogens with two attached hydrogens (primary N) is 1. The van der Waals surface area contributed by atoms with Gasteiger partial charge in [0, 0.05) is 12.4 Å². The van der Waals surface area contributed by atoms with Gasteiger partial charge in [-0.25, -0.2) is 0 Å². The fourth-order valence-electron chi connectivity index (χ4n) is 1.84. The Kier molecular flexibility index (Phi) is 2.70. The van der Waals surface area contributed by atoms with Crippen LogP contribution >= 0.6 is 0 Å². The van der Waals surface area contributed by atoms with Gasteiger partial charge in [0.2, 0.25) is 11.7 Å². The van der Waals surface area contributed by atoms with Crippen LogP contribution in [0, 0.1) is 0 Å². The third-order valence-corrected chi connectivity index (χ3v) is 2.64. The van der Waals surface area contributed by atoms with Crippen LogP contribution in [0.4, 0.5) is 0 Å². The van der Waals surface area contributed by atoms with Crippen molar-refractivity contribution in [3.63, 3.8) is 0 Å². The van der Waals surface area contributed by atoms with Gasteiger partial charge >= 0.3 is 0 Å². The van der Waals surface area contributed by atoms with E-state index in [4.69, 9.17) is 14.7 Å². The van der Waals surface area contributed by atoms with Gasteiger partial charge in [-0.1, -0.05) is 5.16 Å². The normalized spacial score (nSPS) is 12.7. The third-order valence-electron chi connectivity index (χ3n) is 2.64. The number of rotatable bonds is 4. The number of nitrogens with zero attached hydrogens (tertiary/aromatic N) is 3. The summed E-state index contributed by atoms with van der Waals surface area (Å²) in [5.41, 5.74) is 5.47. The smallest absolute Gasteiger partial charge is 0.240 e. The van der Waals surface area contributed by atoms with Crippen molar-refractivity contribution in [3.8, 4) is 0 Å². The monoisotopic (exact) mass is 244 g/mol. The number of aromatic nitrogens is 3. The van der Waals surface area contributed by atoms with Crippen LogP contribution in [0.3, 0.4) is 0 Å². The molecule has 0 spiro atoms. The summed E-state index contributed by atoms with van der Waals surface area (Å²) < 4.78 is 12.4. The second-order valence-electron chi connectivity index (χ2n) is 3.80. The summed E-state index contributed by atoms with van der Waals surface area (Å²) in [5, 5.41) is 3.95. The van der Waals surface area contributed by atoms with E-state index < -0.39 is 0 Å². The predicted molar refractivity (Wildman–Crippen MR) is 62.6 cm³/mol. The molecule has 0 aliphatic rings. The molecule has 0 saturated carbocycles. The highest BCUT2D eigenvalue weighted by Gasteiger charge is 2.23. The molecule has 6 nitrogen and oxygen atoms in total. The van der Waals surface area contributed by atoms with Crippen LogP contribution in [0.2, 0.25) is 0 Å². The van der Waals surface area contributed by atoms with Crippen molar-refractivity contribution in [3.05, 3.63) is 60.4 Å². The van der Waals surface area contributed by atoms with E-state index in [2.05, 4.69) is 10.1 Å². The summed E-state index contributed by atoms with van der Waals surface area (Å²) in [6.07, 6.45) is 5.47. The zero-order valence-corrected chi connectivity index (χ0v) is 9.56. The van der Waals surface area contributed by atoms with Gasteiger partial charge in [-0.2, -0.15) is 4.98 Å². The first-order valence-corrected chi connectivity index (χ1v) is 5.57. The maximum atomic E-state index is 5.47. The molecule has 18 heavy (non-hydrogen) atoms. The minimum atomic E-state index is -0.237. The molecule has 0 amide bonds. The second-order valence-corrected chi connectivity index (χ2v) is 3.80. The molecule has 3 heterocycles. The quantitative estimate of drug-likeness (QED) is 0.753. The van der Waals surface area contributed by atoms with E-state index in [1.807, 2.05) is 41.2 Å². The van der Waals surface area contributed by atoms with Crippen molar-refractivity contribution in [2.75, 3.05) is 0 Å². The highest BCUT2D eigenvalue weighted by molar-refractivity contribution is 5.17. The lowest BCUT2D eigenvalue weighted by molar-refractivity contribution is 0.365. The zero-order chi connectivity index (χ0) is 12.4. The molecule has 0 aromatic carbocycles. The van der Waals surface area contributed by atoms with E-state index in [1.165, 1.54) is 0 Å². The number of hydrogen-bond donors (Lipinski definition) is 1. The van der Waals surface area contributed by atoms with E-state index in [1.54, 1.807) is 6.26 Å². The van der Waals surface area contributed by atoms with Crippen molar-refractivity contribution in [2.45, 2.75) is 12.6 Å². The van der Waals surface area contributed by atoms with Gasteiger partial charge < -0.3 is 19.2 Å². The summed E-state index contributed by atoms with van der Waals surface area (Å²) in [7, 11) is 0. The van der Waals surface area contributed by atoms with Gasteiger partial charge in [0.25, 0.3) is 0 Å². The Morgan fingerprint density at radius 3 is 2.72 bits per heavy atom. The van der Waals surface area contributed by atoms with Crippen LogP contribution in [0.1, 0.15) is 23.5 Å². The van der Waals surface area contributed by atoms with Gasteiger partial charge in [-0.05, 0) is 24.3 Å². The second kappa shape index (κ2) is 4.50. The highest BCUT2D eigenvalue weighted by Crippen LogP contribution is 2.24. The average Bonchev–Trinajstić information content (AvgIpc) is 3.13. The van der Waals surface area contributed by atoms with Crippen LogP contribution in [0.15, 0.2) is 51.9 Å². The molecule has 2 N–H and O–H groups in total. The Morgan fingerprint density at radius 2 is 2.11 bits per heavy atom. The molecule has 0 unspecified atom stereocenters. The molecule has 3 aromatic rings. The molecule has 92 valence electrons. The number of hydrogen-bond acceptors (Lipinski definition) is 5.